The number of nitrogens with one attached hydrogen (secondary N) is 2. The van der Waals surface area contributed by atoms with Crippen LogP contribution in [0.15, 0.2) is 12.2 Å². The minimum absolute atomic E-state index is 0.0383. The summed E-state index contributed by atoms with van der Waals surface area (Å²) in [5, 5.41) is 15.8. The molecule has 0 saturated heterocycles. The molecule has 7 atom stereocenters. The first-order chi connectivity index (χ1) is 13.1. The third kappa shape index (κ3) is 2.92. The van der Waals surface area contributed by atoms with Crippen LogP contribution in [0.2, 0.25) is 0 Å². The van der Waals surface area contributed by atoms with Gasteiger partial charge in [-0.15, -0.1) is 0 Å². The van der Waals surface area contributed by atoms with Crippen LogP contribution in [0.25, 0.3) is 0 Å². The zero-order valence-corrected chi connectivity index (χ0v) is 17.8. The first-order valence-corrected chi connectivity index (χ1v) is 11.0. The molecule has 0 radical (unpaired) electrons. The quantitative estimate of drug-likeness (QED) is 0.696. The maximum atomic E-state index is 13.1. The average molecular weight is 389 g/mol. The number of hydrogen-bond donors (Lipinski definition) is 3. The molecular weight excluding hydrogens is 352 g/mol. The maximum absolute atomic E-state index is 13.1. The predicted molar refractivity (Wildman–Crippen MR) is 108 cm³/mol. The molecule has 1 aliphatic heterocycles. The van der Waals surface area contributed by atoms with Crippen molar-refractivity contribution >= 4 is 11.8 Å². The van der Waals surface area contributed by atoms with E-state index in [1.54, 1.807) is 6.08 Å². The van der Waals surface area contributed by atoms with Gasteiger partial charge in [0.2, 0.25) is 11.8 Å². The zero-order valence-electron chi connectivity index (χ0n) is 17.8. The highest BCUT2D eigenvalue weighted by Crippen LogP contribution is 2.65. The summed E-state index contributed by atoms with van der Waals surface area (Å²) in [6, 6.07) is 0.251. The standard InChI is InChI=1S/C23H36N2O3/c1-21(2,13-26)25-20(28)17-7-6-15-14-5-8-18-23(4,12-10-19(27)24-18)16(14)9-11-22(15,17)3/h10,12,14-18,26H,5-9,11,13H2,1-4H3,(H,24,27)(H,25,28)/t14-,15-,16-,17+,18+,22-,23+/m0/s1. The van der Waals surface area contributed by atoms with Crippen LogP contribution >= 0.6 is 0 Å². The van der Waals surface area contributed by atoms with Crippen LogP contribution in [0.4, 0.5) is 0 Å². The van der Waals surface area contributed by atoms with E-state index >= 15 is 0 Å². The van der Waals surface area contributed by atoms with Gasteiger partial charge in [-0.3, -0.25) is 9.59 Å². The van der Waals surface area contributed by atoms with Crippen molar-refractivity contribution in [3.8, 4) is 0 Å². The molecule has 5 nitrogen and oxygen atoms in total. The number of hydrogen-bond acceptors (Lipinski definition) is 3. The van der Waals surface area contributed by atoms with E-state index in [0.717, 1.165) is 38.5 Å². The third-order valence-corrected chi connectivity index (χ3v) is 8.86. The van der Waals surface area contributed by atoms with Crippen LogP contribution in [-0.2, 0) is 9.59 Å². The Balaban J connectivity index is 1.56. The van der Waals surface area contributed by atoms with Crippen LogP contribution in [0.1, 0.15) is 66.2 Å². The number of amides is 2. The Hall–Kier alpha value is -1.36. The second-order valence-electron chi connectivity index (χ2n) is 10.9. The normalized spacial score (nSPS) is 44.9. The minimum Gasteiger partial charge on any atom is -0.394 e. The molecule has 2 amide bonds. The summed E-state index contributed by atoms with van der Waals surface area (Å²) in [6.07, 6.45) is 10.4. The fourth-order valence-electron chi connectivity index (χ4n) is 7.22. The molecule has 3 N–H and O–H groups in total. The van der Waals surface area contributed by atoms with Gasteiger partial charge in [-0.25, -0.2) is 0 Å². The molecule has 0 aromatic carbocycles. The first-order valence-electron chi connectivity index (χ1n) is 11.0. The van der Waals surface area contributed by atoms with Crippen molar-refractivity contribution in [1.82, 2.24) is 10.6 Å². The number of aliphatic hydroxyl groups excluding tert-OH is 1. The van der Waals surface area contributed by atoms with Crippen molar-refractivity contribution in [3.63, 3.8) is 0 Å². The molecule has 4 rings (SSSR count). The van der Waals surface area contributed by atoms with E-state index in [1.807, 2.05) is 13.8 Å². The van der Waals surface area contributed by atoms with Crippen molar-refractivity contribution < 1.29 is 14.7 Å². The van der Waals surface area contributed by atoms with Gasteiger partial charge in [0, 0.05) is 17.4 Å². The van der Waals surface area contributed by atoms with Gasteiger partial charge >= 0.3 is 0 Å². The van der Waals surface area contributed by atoms with Gasteiger partial charge in [0.25, 0.3) is 0 Å². The summed E-state index contributed by atoms with van der Waals surface area (Å²) < 4.78 is 0. The molecular formula is C23H36N2O3. The molecule has 0 unspecified atom stereocenters. The highest BCUT2D eigenvalue weighted by molar-refractivity contribution is 5.89. The van der Waals surface area contributed by atoms with E-state index in [0.29, 0.717) is 17.8 Å². The van der Waals surface area contributed by atoms with Crippen molar-refractivity contribution in [2.75, 3.05) is 6.61 Å². The Kier molecular flexibility index (Phi) is 4.68. The summed E-state index contributed by atoms with van der Waals surface area (Å²) in [6.45, 7) is 8.37. The lowest BCUT2D eigenvalue weighted by Crippen LogP contribution is -2.60. The molecule has 3 saturated carbocycles. The topological polar surface area (TPSA) is 78.4 Å². The Morgan fingerprint density at radius 1 is 1.21 bits per heavy atom. The monoisotopic (exact) mass is 388 g/mol. The Labute approximate surface area is 168 Å². The molecule has 156 valence electrons. The second kappa shape index (κ2) is 6.58. The van der Waals surface area contributed by atoms with Gasteiger partial charge in [0.05, 0.1) is 12.1 Å². The third-order valence-electron chi connectivity index (χ3n) is 8.86. The Morgan fingerprint density at radius 3 is 2.68 bits per heavy atom. The van der Waals surface area contributed by atoms with Crippen molar-refractivity contribution in [2.45, 2.75) is 77.8 Å². The van der Waals surface area contributed by atoms with Crippen LogP contribution in [0.5, 0.6) is 0 Å². The smallest absolute Gasteiger partial charge is 0.243 e. The lowest BCUT2D eigenvalue weighted by Gasteiger charge is -2.58. The highest BCUT2D eigenvalue weighted by Gasteiger charge is 2.61. The van der Waals surface area contributed by atoms with E-state index in [9.17, 15) is 14.7 Å². The molecule has 0 bridgehead atoms. The first kappa shape index (κ1) is 19.9. The van der Waals surface area contributed by atoms with E-state index in [-0.39, 0.29) is 41.2 Å². The van der Waals surface area contributed by atoms with Crippen LogP contribution < -0.4 is 10.6 Å². The van der Waals surface area contributed by atoms with Crippen molar-refractivity contribution in [2.24, 2.45) is 34.5 Å². The van der Waals surface area contributed by atoms with Gasteiger partial charge in [-0.1, -0.05) is 19.9 Å². The van der Waals surface area contributed by atoms with Crippen LogP contribution in [0, 0.1) is 34.5 Å². The summed E-state index contributed by atoms with van der Waals surface area (Å²) in [5.74, 6) is 1.98. The van der Waals surface area contributed by atoms with Gasteiger partial charge < -0.3 is 15.7 Å². The van der Waals surface area contributed by atoms with Crippen LogP contribution in [-0.4, -0.2) is 35.1 Å². The number of fused-ring (bicyclic) bond motifs is 5. The molecule has 0 aromatic rings. The predicted octanol–water partition coefficient (Wildman–Crippen LogP) is 2.79. The fraction of sp³-hybridized carbons (Fsp3) is 0.826. The second-order valence-corrected chi connectivity index (χ2v) is 10.9. The van der Waals surface area contributed by atoms with Gasteiger partial charge in [0.1, 0.15) is 0 Å². The SMILES string of the molecule is CC(C)(CO)NC(=O)[C@H]1CC[C@H]2[C@@H]3CC[C@H]4NC(=O)C=C[C@]4(C)[C@H]3CC[C@]12C. The van der Waals surface area contributed by atoms with E-state index < -0.39 is 5.54 Å². The highest BCUT2D eigenvalue weighted by atomic mass is 16.3. The van der Waals surface area contributed by atoms with Crippen molar-refractivity contribution in [1.29, 1.82) is 0 Å². The van der Waals surface area contributed by atoms with Gasteiger partial charge in [-0.05, 0) is 81.6 Å². The van der Waals surface area contributed by atoms with Crippen LogP contribution in [0.3, 0.4) is 0 Å². The maximum Gasteiger partial charge on any atom is 0.243 e. The molecule has 0 aromatic heterocycles. The van der Waals surface area contributed by atoms with E-state index in [2.05, 4.69) is 30.6 Å². The number of carbonyl (C=O) groups is 2. The number of aliphatic hydroxyl groups is 1. The summed E-state index contributed by atoms with van der Waals surface area (Å²) in [4.78, 5) is 24.9. The lowest BCUT2D eigenvalue weighted by atomic mass is 9.48. The Bertz CT molecular complexity index is 702. The number of rotatable bonds is 3. The molecule has 28 heavy (non-hydrogen) atoms. The molecule has 1 heterocycles. The zero-order chi connectivity index (χ0) is 20.3. The molecule has 3 aliphatic carbocycles. The lowest BCUT2D eigenvalue weighted by molar-refractivity contribution is -0.136. The molecule has 0 spiro atoms. The summed E-state index contributed by atoms with van der Waals surface area (Å²) >= 11 is 0. The fourth-order valence-corrected chi connectivity index (χ4v) is 7.22. The van der Waals surface area contributed by atoms with Gasteiger partial charge in [0.15, 0.2) is 0 Å². The largest absolute Gasteiger partial charge is 0.394 e. The van der Waals surface area contributed by atoms with E-state index in [1.165, 1.54) is 0 Å². The molecule has 4 aliphatic rings. The van der Waals surface area contributed by atoms with Gasteiger partial charge in [-0.2, -0.15) is 0 Å². The minimum atomic E-state index is -0.570. The average Bonchev–Trinajstić information content (AvgIpc) is 2.99. The van der Waals surface area contributed by atoms with Crippen molar-refractivity contribution in [3.05, 3.63) is 12.2 Å². The molecule has 5 heteroatoms. The summed E-state index contributed by atoms with van der Waals surface area (Å²) in [5.41, 5.74) is -0.488. The van der Waals surface area contributed by atoms with E-state index in [4.69, 9.17) is 0 Å². The Morgan fingerprint density at radius 2 is 1.96 bits per heavy atom. The summed E-state index contributed by atoms with van der Waals surface area (Å²) in [7, 11) is 0. The number of carbonyl (C=O) groups excluding carboxylic acids is 2. The molecule has 3 fully saturated rings.